The van der Waals surface area contributed by atoms with Gasteiger partial charge in [-0.1, -0.05) is 13.8 Å². The van der Waals surface area contributed by atoms with Crippen LogP contribution in [0.15, 0.2) is 0 Å². The second-order valence-electron chi connectivity index (χ2n) is 2.72. The molecule has 0 spiro atoms. The largest absolute Gasteiger partial charge is 0.350 e. The van der Waals surface area contributed by atoms with Crippen molar-refractivity contribution in [2.45, 2.75) is 26.3 Å². The Hall–Kier alpha value is -0.345. The monoisotopic (exact) mass is 169 g/mol. The minimum atomic E-state index is 0.482. The lowest BCUT2D eigenvalue weighted by atomic mass is 9.96. The predicted octanol–water partition coefficient (Wildman–Crippen LogP) is 0.116. The molecule has 1 radical (unpaired) electrons. The van der Waals surface area contributed by atoms with Crippen LogP contribution >= 0.6 is 0 Å². The number of hydrogen-bond acceptors (Lipinski definition) is 3. The van der Waals surface area contributed by atoms with E-state index in [4.69, 9.17) is 0 Å². The van der Waals surface area contributed by atoms with Gasteiger partial charge in [0.2, 0.25) is 0 Å². The van der Waals surface area contributed by atoms with Crippen molar-refractivity contribution in [2.24, 2.45) is 0 Å². The molecule has 1 aliphatic rings. The quantitative estimate of drug-likeness (QED) is 0.481. The number of rotatable bonds is 3. The third-order valence-corrected chi connectivity index (χ3v) is 1.79. The van der Waals surface area contributed by atoms with Crippen molar-refractivity contribution in [3.8, 4) is 0 Å². The Kier molecular flexibility index (Phi) is 7.10. The van der Waals surface area contributed by atoms with E-state index in [9.17, 15) is 4.79 Å². The minimum Gasteiger partial charge on any atom is -0.350 e. The van der Waals surface area contributed by atoms with Crippen molar-refractivity contribution in [1.82, 2.24) is 10.1 Å². The molecule has 1 fully saturated rings. The van der Waals surface area contributed by atoms with Gasteiger partial charge in [0.25, 0.3) is 7.41 Å². The van der Waals surface area contributed by atoms with Crippen LogP contribution in [0.25, 0.3) is 0 Å². The summed E-state index contributed by atoms with van der Waals surface area (Å²) in [5, 5.41) is 3.03. The molecular weight excluding hydrogens is 151 g/mol. The normalized spacial score (nSPS) is 22.8. The smallest absolute Gasteiger partial charge is 0.290 e. The molecule has 1 atom stereocenters. The van der Waals surface area contributed by atoms with Gasteiger partial charge in [0.05, 0.1) is 6.19 Å². The van der Waals surface area contributed by atoms with E-state index in [2.05, 4.69) is 17.2 Å². The fraction of sp³-hybridized carbons (Fsp3) is 0.875. The molecule has 1 N–H and O–H groups in total. The van der Waals surface area contributed by atoms with E-state index in [-0.39, 0.29) is 0 Å². The van der Waals surface area contributed by atoms with Gasteiger partial charge in [0, 0.05) is 12.6 Å². The van der Waals surface area contributed by atoms with Crippen LogP contribution in [0.5, 0.6) is 0 Å². The molecule has 4 heteroatoms. The zero-order valence-electron chi connectivity index (χ0n) is 8.21. The molecule has 69 valence electrons. The molecule has 1 heterocycles. The van der Waals surface area contributed by atoms with Crippen LogP contribution in [-0.2, 0) is 4.79 Å². The summed E-state index contributed by atoms with van der Waals surface area (Å²) in [7, 11) is 3.56. The number of nitrogens with zero attached hydrogens (tertiary/aromatic N) is 1. The molecule has 0 bridgehead atoms. The second kappa shape index (κ2) is 7.31. The molecule has 0 aliphatic carbocycles. The predicted molar refractivity (Wildman–Crippen MR) is 52.9 cm³/mol. The SMILES string of the molecule is CC.CN1CCC(N[B]C=O)C1. The van der Waals surface area contributed by atoms with Crippen LogP contribution in [0, 0.1) is 0 Å². The first kappa shape index (κ1) is 11.7. The number of hydrogen-bond donors (Lipinski definition) is 1. The van der Waals surface area contributed by atoms with Crippen LogP contribution < -0.4 is 5.23 Å². The highest BCUT2D eigenvalue weighted by molar-refractivity contribution is 6.64. The molecule has 1 unspecified atom stereocenters. The van der Waals surface area contributed by atoms with E-state index in [1.165, 1.54) is 7.41 Å². The maximum absolute atomic E-state index is 9.91. The number of carbonyl (C=O) groups is 1. The van der Waals surface area contributed by atoms with Crippen LogP contribution in [0.2, 0.25) is 0 Å². The van der Waals surface area contributed by atoms with Crippen molar-refractivity contribution in [3.63, 3.8) is 0 Å². The first-order valence-corrected chi connectivity index (χ1v) is 4.54. The summed E-state index contributed by atoms with van der Waals surface area (Å²) in [6.07, 6.45) is 1.93. The topological polar surface area (TPSA) is 32.3 Å². The lowest BCUT2D eigenvalue weighted by Gasteiger charge is -2.09. The van der Waals surface area contributed by atoms with Gasteiger partial charge < -0.3 is 14.9 Å². The highest BCUT2D eigenvalue weighted by Gasteiger charge is 2.17. The Morgan fingerprint density at radius 3 is 2.67 bits per heavy atom. The molecule has 0 aromatic heterocycles. The molecular formula is C8H18BN2O. The van der Waals surface area contributed by atoms with Gasteiger partial charge in [-0.2, -0.15) is 0 Å². The van der Waals surface area contributed by atoms with Crippen molar-refractivity contribution in [3.05, 3.63) is 0 Å². The van der Waals surface area contributed by atoms with E-state index in [0.29, 0.717) is 6.04 Å². The Morgan fingerprint density at radius 2 is 2.25 bits per heavy atom. The Bertz CT molecular complexity index is 122. The average Bonchev–Trinajstić information content (AvgIpc) is 2.51. The average molecular weight is 169 g/mol. The maximum Gasteiger partial charge on any atom is 0.290 e. The van der Waals surface area contributed by atoms with Gasteiger partial charge >= 0.3 is 0 Å². The third kappa shape index (κ3) is 4.52. The van der Waals surface area contributed by atoms with E-state index in [0.717, 1.165) is 25.7 Å². The summed E-state index contributed by atoms with van der Waals surface area (Å²) in [6.45, 7) is 6.18. The van der Waals surface area contributed by atoms with Crippen LogP contribution in [-0.4, -0.2) is 44.7 Å². The minimum absolute atomic E-state index is 0.482. The van der Waals surface area contributed by atoms with E-state index in [1.807, 2.05) is 13.8 Å². The first-order chi connectivity index (χ1) is 5.83. The molecule has 1 rings (SSSR count). The number of likely N-dealkylation sites (N-methyl/N-ethyl adjacent to an activating group) is 1. The molecule has 0 aromatic carbocycles. The summed E-state index contributed by atoms with van der Waals surface area (Å²) in [5.74, 6) is 0. The summed E-state index contributed by atoms with van der Waals surface area (Å²) in [6, 6.07) is 0.482. The number of nitrogens with one attached hydrogen (secondary N) is 1. The van der Waals surface area contributed by atoms with Crippen molar-refractivity contribution in [1.29, 1.82) is 0 Å². The van der Waals surface area contributed by atoms with E-state index in [1.54, 1.807) is 0 Å². The van der Waals surface area contributed by atoms with E-state index >= 15 is 0 Å². The Labute approximate surface area is 75.8 Å². The summed E-state index contributed by atoms with van der Waals surface area (Å²) < 4.78 is 0. The highest BCUT2D eigenvalue weighted by atomic mass is 16.1. The highest BCUT2D eigenvalue weighted by Crippen LogP contribution is 2.04. The molecule has 1 aliphatic heterocycles. The van der Waals surface area contributed by atoms with Crippen LogP contribution in [0.1, 0.15) is 20.3 Å². The fourth-order valence-corrected chi connectivity index (χ4v) is 1.25. The molecule has 1 saturated heterocycles. The molecule has 0 amide bonds. The Balaban J connectivity index is 0.000000561. The molecule has 3 nitrogen and oxygen atoms in total. The van der Waals surface area contributed by atoms with Gasteiger partial charge in [-0.15, -0.1) is 0 Å². The summed E-state index contributed by atoms with van der Waals surface area (Å²) in [5.41, 5.74) is 0. The second-order valence-corrected chi connectivity index (χ2v) is 2.72. The van der Waals surface area contributed by atoms with Gasteiger partial charge in [-0.05, 0) is 20.0 Å². The van der Waals surface area contributed by atoms with Gasteiger partial charge in [0.15, 0.2) is 0 Å². The van der Waals surface area contributed by atoms with Gasteiger partial charge in [-0.3, -0.25) is 0 Å². The first-order valence-electron chi connectivity index (χ1n) is 4.54. The number of carbonyl (C=O) groups excluding carboxylic acids is 1. The van der Waals surface area contributed by atoms with Crippen molar-refractivity contribution in [2.75, 3.05) is 20.1 Å². The Morgan fingerprint density at radius 1 is 1.58 bits per heavy atom. The van der Waals surface area contributed by atoms with Gasteiger partial charge in [-0.25, -0.2) is 0 Å². The third-order valence-electron chi connectivity index (χ3n) is 1.79. The van der Waals surface area contributed by atoms with Gasteiger partial charge in [0.1, 0.15) is 0 Å². The summed E-state index contributed by atoms with van der Waals surface area (Å²) >= 11 is 0. The van der Waals surface area contributed by atoms with Crippen LogP contribution in [0.3, 0.4) is 0 Å². The molecule has 0 saturated carbocycles. The van der Waals surface area contributed by atoms with Crippen molar-refractivity contribution >= 4 is 13.6 Å². The fourth-order valence-electron chi connectivity index (χ4n) is 1.25. The van der Waals surface area contributed by atoms with Crippen molar-refractivity contribution < 1.29 is 4.79 Å². The zero-order valence-corrected chi connectivity index (χ0v) is 8.21. The van der Waals surface area contributed by atoms with E-state index < -0.39 is 0 Å². The summed E-state index contributed by atoms with van der Waals surface area (Å²) in [4.78, 5) is 12.2. The molecule has 0 aromatic rings. The molecule has 12 heavy (non-hydrogen) atoms. The van der Waals surface area contributed by atoms with Crippen LogP contribution in [0.4, 0.5) is 0 Å². The standard InChI is InChI=1S/C6H12BN2O.C2H6/c1-9-3-2-6(4-9)8-7-5-10;1-2/h5-6,8H,2-4H2,1H3;1-2H3. The lowest BCUT2D eigenvalue weighted by molar-refractivity contribution is 0.408. The maximum atomic E-state index is 9.91. The number of likely N-dealkylation sites (tertiary alicyclic amines) is 1. The lowest BCUT2D eigenvalue weighted by Crippen LogP contribution is -2.34. The zero-order chi connectivity index (χ0) is 9.40.